The van der Waals surface area contributed by atoms with Crippen LogP contribution in [0.15, 0.2) is 170 Å². The first-order valence-electron chi connectivity index (χ1n) is 25.2. The molecule has 0 atom stereocenters. The van der Waals surface area contributed by atoms with Crippen LogP contribution in [-0.2, 0) is 21.7 Å². The average molecular weight is 925 g/mol. The number of rotatable bonds is 6. The Hall–Kier alpha value is -7.61. The lowest BCUT2D eigenvalue weighted by Gasteiger charge is -2.28. The number of fused-ring (bicyclic) bond motifs is 8. The maximum absolute atomic E-state index is 10.4. The largest absolute Gasteiger partial charge is 0.310 e. The second kappa shape index (κ2) is 16.2. The highest BCUT2D eigenvalue weighted by Crippen LogP contribution is 2.45. The lowest BCUT2D eigenvalue weighted by Crippen LogP contribution is -2.14. The molecule has 0 fully saturated rings. The summed E-state index contributed by atoms with van der Waals surface area (Å²) in [4.78, 5) is 4.77. The van der Waals surface area contributed by atoms with Gasteiger partial charge in [-0.05, 0) is 175 Å². The number of hydrogen-bond donors (Lipinski definition) is 0. The molecule has 352 valence electrons. The van der Waals surface area contributed by atoms with Gasteiger partial charge >= 0.3 is 0 Å². The zero-order valence-corrected chi connectivity index (χ0v) is 43.5. The Morgan fingerprint density at radius 1 is 0.324 bits per heavy atom. The third-order valence-corrected chi connectivity index (χ3v) is 14.9. The maximum Gasteiger partial charge on any atom is 0.0992 e. The first-order chi connectivity index (χ1) is 33.6. The molecule has 0 radical (unpaired) electrons. The van der Waals surface area contributed by atoms with Crippen molar-refractivity contribution in [3.63, 3.8) is 0 Å². The van der Waals surface area contributed by atoms with Crippen molar-refractivity contribution in [3.05, 3.63) is 198 Å². The standard InChI is InChI=1S/C67H64N4/c1-64(2,3)47-15-25-51(26-16-47)69(52-27-17-48(18-28-52)65(4,5)6)55-23-13-43-37-57-59-33-42(41-68)34-60-58-38-44-14-24-56(36-46(44)40-62(58)71(63(59)60)61(57)39-45(43)35-55)70(53-29-19-49(20-30-53)66(7,8)9)54-31-21-50(22-32-54)67(10,11)12/h13-40H,1-12H3. The van der Waals surface area contributed by atoms with Crippen LogP contribution in [0.3, 0.4) is 0 Å². The van der Waals surface area contributed by atoms with Gasteiger partial charge in [-0.3, -0.25) is 0 Å². The molecule has 0 aliphatic rings. The van der Waals surface area contributed by atoms with Crippen molar-refractivity contribution in [3.8, 4) is 6.07 Å². The smallest absolute Gasteiger partial charge is 0.0992 e. The van der Waals surface area contributed by atoms with E-state index >= 15 is 0 Å². The molecule has 9 aromatic carbocycles. The molecule has 71 heavy (non-hydrogen) atoms. The van der Waals surface area contributed by atoms with E-state index in [0.29, 0.717) is 5.56 Å². The third kappa shape index (κ3) is 8.02. The molecule has 0 spiro atoms. The Kier molecular flexibility index (Phi) is 10.5. The average Bonchev–Trinajstić information content (AvgIpc) is 3.82. The summed E-state index contributed by atoms with van der Waals surface area (Å²) in [6, 6.07) is 66.0. The molecule has 11 rings (SSSR count). The van der Waals surface area contributed by atoms with E-state index < -0.39 is 0 Å². The number of nitriles is 1. The van der Waals surface area contributed by atoms with Crippen molar-refractivity contribution in [2.45, 2.75) is 105 Å². The van der Waals surface area contributed by atoms with E-state index in [2.05, 4.69) is 273 Å². The summed E-state index contributed by atoms with van der Waals surface area (Å²) in [5.41, 5.74) is 16.2. The topological polar surface area (TPSA) is 34.7 Å². The van der Waals surface area contributed by atoms with Crippen LogP contribution in [-0.4, -0.2) is 4.40 Å². The summed E-state index contributed by atoms with van der Waals surface area (Å²) in [6.45, 7) is 27.2. The molecule has 0 saturated heterocycles. The van der Waals surface area contributed by atoms with Gasteiger partial charge in [0.2, 0.25) is 0 Å². The zero-order valence-electron chi connectivity index (χ0n) is 43.5. The van der Waals surface area contributed by atoms with Crippen LogP contribution >= 0.6 is 0 Å². The fourth-order valence-corrected chi connectivity index (χ4v) is 10.7. The van der Waals surface area contributed by atoms with Crippen LogP contribution in [0.4, 0.5) is 34.1 Å². The molecule has 0 saturated carbocycles. The van der Waals surface area contributed by atoms with E-state index in [4.69, 9.17) is 0 Å². The van der Waals surface area contributed by atoms with Crippen LogP contribution in [0.5, 0.6) is 0 Å². The molecule has 0 aliphatic heterocycles. The molecular formula is C67H64N4. The van der Waals surface area contributed by atoms with Crippen LogP contribution in [0.25, 0.3) is 59.6 Å². The highest BCUT2D eigenvalue weighted by molar-refractivity contribution is 6.26. The maximum atomic E-state index is 10.4. The Morgan fingerprint density at radius 2 is 0.620 bits per heavy atom. The Labute approximate surface area is 419 Å². The van der Waals surface area contributed by atoms with Gasteiger partial charge in [0.1, 0.15) is 0 Å². The van der Waals surface area contributed by atoms with E-state index in [-0.39, 0.29) is 21.7 Å². The summed E-state index contributed by atoms with van der Waals surface area (Å²) in [7, 11) is 0. The third-order valence-electron chi connectivity index (χ3n) is 14.9. The molecule has 0 unspecified atom stereocenters. The molecular weight excluding hydrogens is 861 g/mol. The molecule has 2 aromatic heterocycles. The van der Waals surface area contributed by atoms with E-state index in [0.717, 1.165) is 93.8 Å². The highest BCUT2D eigenvalue weighted by atomic mass is 15.1. The normalized spacial score (nSPS) is 12.8. The molecule has 4 nitrogen and oxygen atoms in total. The lowest BCUT2D eigenvalue weighted by atomic mass is 9.86. The first kappa shape index (κ1) is 45.8. The van der Waals surface area contributed by atoms with Gasteiger partial charge < -0.3 is 14.2 Å². The van der Waals surface area contributed by atoms with Gasteiger partial charge in [-0.2, -0.15) is 5.26 Å². The second-order valence-corrected chi connectivity index (χ2v) is 24.0. The predicted molar refractivity (Wildman–Crippen MR) is 305 cm³/mol. The minimum atomic E-state index is 0.0491. The monoisotopic (exact) mass is 925 g/mol. The van der Waals surface area contributed by atoms with Crippen LogP contribution < -0.4 is 9.80 Å². The predicted octanol–water partition coefficient (Wildman–Crippen LogP) is 19.1. The van der Waals surface area contributed by atoms with E-state index in [1.807, 2.05) is 0 Å². The Morgan fingerprint density at radius 3 is 0.901 bits per heavy atom. The molecule has 4 heteroatoms. The quantitative estimate of drug-likeness (QED) is 0.167. The van der Waals surface area contributed by atoms with E-state index in [9.17, 15) is 5.26 Å². The van der Waals surface area contributed by atoms with Crippen molar-refractivity contribution in [2.24, 2.45) is 0 Å². The second-order valence-electron chi connectivity index (χ2n) is 24.0. The summed E-state index contributed by atoms with van der Waals surface area (Å²) in [5.74, 6) is 0. The fraction of sp³-hybridized carbons (Fsp3) is 0.239. The highest BCUT2D eigenvalue weighted by Gasteiger charge is 2.24. The Bertz CT molecular complexity index is 3510. The minimum Gasteiger partial charge on any atom is -0.310 e. The summed E-state index contributed by atoms with van der Waals surface area (Å²) >= 11 is 0. The van der Waals surface area contributed by atoms with E-state index in [1.54, 1.807) is 0 Å². The van der Waals surface area contributed by atoms with Gasteiger partial charge in [-0.15, -0.1) is 0 Å². The molecule has 2 heterocycles. The van der Waals surface area contributed by atoms with Crippen LogP contribution in [0, 0.1) is 11.3 Å². The number of benzene rings is 9. The molecule has 11 aromatic rings. The van der Waals surface area contributed by atoms with Gasteiger partial charge in [-0.1, -0.05) is 144 Å². The van der Waals surface area contributed by atoms with E-state index in [1.165, 1.54) is 22.3 Å². The van der Waals surface area contributed by atoms with Crippen molar-refractivity contribution < 1.29 is 0 Å². The molecule has 0 bridgehead atoms. The minimum absolute atomic E-state index is 0.0491. The SMILES string of the molecule is CC(C)(C)c1ccc(N(c2ccc(C(C)(C)C)cc2)c2ccc3cc4c5cc(C#N)cc6c7cc8ccc(N(c9ccc(C(C)(C)C)cc9)c9ccc(C(C)(C)C)cc9)cc8cc7n(c4cc3c2)c56)cc1. The van der Waals surface area contributed by atoms with Crippen molar-refractivity contribution >= 4 is 93.8 Å². The first-order valence-corrected chi connectivity index (χ1v) is 25.2. The van der Waals surface area contributed by atoms with Gasteiger partial charge in [0.25, 0.3) is 0 Å². The van der Waals surface area contributed by atoms with Gasteiger partial charge in [0, 0.05) is 55.7 Å². The fourth-order valence-electron chi connectivity index (χ4n) is 10.7. The van der Waals surface area contributed by atoms with Crippen LogP contribution in [0.2, 0.25) is 0 Å². The van der Waals surface area contributed by atoms with Crippen LogP contribution in [0.1, 0.15) is 111 Å². The van der Waals surface area contributed by atoms with Gasteiger partial charge in [0.05, 0.1) is 28.2 Å². The number of aromatic nitrogens is 1. The summed E-state index contributed by atoms with van der Waals surface area (Å²) in [5, 5.41) is 19.5. The number of anilines is 6. The lowest BCUT2D eigenvalue weighted by molar-refractivity contribution is 0.590. The van der Waals surface area contributed by atoms with Gasteiger partial charge in [-0.25, -0.2) is 0 Å². The van der Waals surface area contributed by atoms with Crippen molar-refractivity contribution in [1.29, 1.82) is 5.26 Å². The van der Waals surface area contributed by atoms with Gasteiger partial charge in [0.15, 0.2) is 0 Å². The summed E-state index contributed by atoms with van der Waals surface area (Å²) in [6.07, 6.45) is 0. The molecule has 0 N–H and O–H groups in total. The number of hydrogen-bond acceptors (Lipinski definition) is 3. The molecule has 0 aliphatic carbocycles. The molecule has 0 amide bonds. The Balaban J connectivity index is 1.10. The zero-order chi connectivity index (χ0) is 49.9. The number of nitrogens with zero attached hydrogens (tertiary/aromatic N) is 4. The van der Waals surface area contributed by atoms with Crippen molar-refractivity contribution in [2.75, 3.05) is 9.80 Å². The van der Waals surface area contributed by atoms with Crippen molar-refractivity contribution in [1.82, 2.24) is 4.40 Å². The summed E-state index contributed by atoms with van der Waals surface area (Å²) < 4.78 is 2.46.